The smallest absolute Gasteiger partial charge is 0.255 e. The van der Waals surface area contributed by atoms with Crippen molar-refractivity contribution in [1.82, 2.24) is 20.3 Å². The van der Waals surface area contributed by atoms with Crippen LogP contribution in [0, 0.1) is 5.41 Å². The summed E-state index contributed by atoms with van der Waals surface area (Å²) in [4.78, 5) is 24.4. The number of aromatic nitrogens is 3. The van der Waals surface area contributed by atoms with E-state index >= 15 is 0 Å². The van der Waals surface area contributed by atoms with Gasteiger partial charge in [-0.15, -0.1) is 0 Å². The van der Waals surface area contributed by atoms with Gasteiger partial charge in [-0.2, -0.15) is 0 Å². The summed E-state index contributed by atoms with van der Waals surface area (Å²) < 4.78 is 0. The van der Waals surface area contributed by atoms with Crippen LogP contribution in [0.4, 0.5) is 0 Å². The minimum atomic E-state index is -0.0787. The lowest BCUT2D eigenvalue weighted by atomic mass is 9.90. The van der Waals surface area contributed by atoms with E-state index in [1.165, 1.54) is 12.8 Å². The highest BCUT2D eigenvalue weighted by atomic mass is 16.1. The van der Waals surface area contributed by atoms with E-state index in [0.29, 0.717) is 29.2 Å². The van der Waals surface area contributed by atoms with Crippen molar-refractivity contribution in [1.29, 1.82) is 0 Å². The van der Waals surface area contributed by atoms with E-state index in [0.717, 1.165) is 12.1 Å². The van der Waals surface area contributed by atoms with Gasteiger partial charge < -0.3 is 10.3 Å². The zero-order valence-electron chi connectivity index (χ0n) is 12.9. The standard InChI is InChI=1S/C16H22N4O/c1-4-16(2,3)9-19-15(21)11-7-17-14-13(11)20-12(8-18-14)10-5-6-10/h7-8,10H,4-6,9H2,1-3H3,(H,17,18)(H,19,21). The molecule has 0 radical (unpaired) electrons. The highest BCUT2D eigenvalue weighted by Crippen LogP contribution is 2.39. The van der Waals surface area contributed by atoms with Gasteiger partial charge >= 0.3 is 0 Å². The lowest BCUT2D eigenvalue weighted by Crippen LogP contribution is -2.33. The number of carbonyl (C=O) groups excluding carboxylic acids is 1. The normalized spacial score (nSPS) is 15.4. The number of nitrogens with one attached hydrogen (secondary N) is 2. The fourth-order valence-corrected chi connectivity index (χ4v) is 2.19. The van der Waals surface area contributed by atoms with Crippen LogP contribution in [-0.4, -0.2) is 27.4 Å². The fourth-order valence-electron chi connectivity index (χ4n) is 2.19. The molecule has 5 nitrogen and oxygen atoms in total. The first kappa shape index (κ1) is 14.0. The predicted octanol–water partition coefficient (Wildman–Crippen LogP) is 3.00. The first-order chi connectivity index (χ1) is 10.00. The van der Waals surface area contributed by atoms with Crippen molar-refractivity contribution in [3.63, 3.8) is 0 Å². The average Bonchev–Trinajstić information content (AvgIpc) is 3.24. The van der Waals surface area contributed by atoms with Gasteiger partial charge in [0.2, 0.25) is 0 Å². The predicted molar refractivity (Wildman–Crippen MR) is 82.3 cm³/mol. The van der Waals surface area contributed by atoms with Crippen LogP contribution in [0.25, 0.3) is 11.2 Å². The van der Waals surface area contributed by atoms with Gasteiger partial charge in [0, 0.05) is 18.7 Å². The molecule has 0 saturated heterocycles. The van der Waals surface area contributed by atoms with Crippen molar-refractivity contribution in [2.24, 2.45) is 5.41 Å². The molecule has 112 valence electrons. The van der Waals surface area contributed by atoms with Crippen LogP contribution in [0.2, 0.25) is 0 Å². The molecule has 0 aliphatic heterocycles. The number of carbonyl (C=O) groups is 1. The highest BCUT2D eigenvalue weighted by molar-refractivity contribution is 6.04. The van der Waals surface area contributed by atoms with Gasteiger partial charge in [0.05, 0.1) is 17.5 Å². The molecule has 5 heteroatoms. The average molecular weight is 286 g/mol. The van der Waals surface area contributed by atoms with Crippen LogP contribution in [-0.2, 0) is 0 Å². The topological polar surface area (TPSA) is 70.7 Å². The molecule has 0 bridgehead atoms. The van der Waals surface area contributed by atoms with Crippen LogP contribution in [0.1, 0.15) is 62.0 Å². The zero-order valence-corrected chi connectivity index (χ0v) is 12.9. The molecule has 2 aromatic heterocycles. The van der Waals surface area contributed by atoms with E-state index in [-0.39, 0.29) is 11.3 Å². The Morgan fingerprint density at radius 1 is 1.48 bits per heavy atom. The minimum absolute atomic E-state index is 0.0787. The van der Waals surface area contributed by atoms with Crippen LogP contribution in [0.3, 0.4) is 0 Å². The Balaban J connectivity index is 1.82. The van der Waals surface area contributed by atoms with Crippen LogP contribution < -0.4 is 5.32 Å². The highest BCUT2D eigenvalue weighted by Gasteiger charge is 2.26. The quantitative estimate of drug-likeness (QED) is 0.887. The number of H-pyrrole nitrogens is 1. The van der Waals surface area contributed by atoms with Gasteiger partial charge in [0.1, 0.15) is 5.52 Å². The molecule has 2 N–H and O–H groups in total. The third-order valence-corrected chi connectivity index (χ3v) is 4.32. The third kappa shape index (κ3) is 2.91. The Kier molecular flexibility index (Phi) is 3.43. The first-order valence-corrected chi connectivity index (χ1v) is 7.62. The fraction of sp³-hybridized carbons (Fsp3) is 0.562. The second kappa shape index (κ2) is 5.13. The lowest BCUT2D eigenvalue weighted by molar-refractivity contribution is 0.0937. The molecule has 0 spiro atoms. The zero-order chi connectivity index (χ0) is 15.0. The van der Waals surface area contributed by atoms with E-state index in [1.807, 2.05) is 6.20 Å². The first-order valence-electron chi connectivity index (χ1n) is 7.62. The summed E-state index contributed by atoms with van der Waals surface area (Å²) in [6, 6.07) is 0. The van der Waals surface area contributed by atoms with E-state index in [4.69, 9.17) is 0 Å². The molecular weight excluding hydrogens is 264 g/mol. The summed E-state index contributed by atoms with van der Waals surface area (Å²) in [7, 11) is 0. The molecule has 2 heterocycles. The molecule has 1 saturated carbocycles. The van der Waals surface area contributed by atoms with Gasteiger partial charge in [0.25, 0.3) is 5.91 Å². The van der Waals surface area contributed by atoms with Gasteiger partial charge in [-0.1, -0.05) is 20.8 Å². The molecule has 1 aliphatic rings. The maximum Gasteiger partial charge on any atom is 0.255 e. The lowest BCUT2D eigenvalue weighted by Gasteiger charge is -2.22. The third-order valence-electron chi connectivity index (χ3n) is 4.32. The van der Waals surface area contributed by atoms with E-state index in [1.54, 1.807) is 6.20 Å². The van der Waals surface area contributed by atoms with Gasteiger partial charge in [-0.25, -0.2) is 9.97 Å². The molecule has 0 aromatic carbocycles. The summed E-state index contributed by atoms with van der Waals surface area (Å²) in [5, 5.41) is 3.01. The number of nitrogens with zero attached hydrogens (tertiary/aromatic N) is 2. The Hall–Kier alpha value is -1.91. The molecular formula is C16H22N4O. The Labute approximate surface area is 124 Å². The maximum absolute atomic E-state index is 12.4. The van der Waals surface area contributed by atoms with Gasteiger partial charge in [-0.3, -0.25) is 4.79 Å². The number of rotatable bonds is 5. The van der Waals surface area contributed by atoms with Crippen molar-refractivity contribution in [3.8, 4) is 0 Å². The van der Waals surface area contributed by atoms with Crippen molar-refractivity contribution in [2.75, 3.05) is 6.54 Å². The molecule has 3 rings (SSSR count). The summed E-state index contributed by atoms with van der Waals surface area (Å²) in [5.41, 5.74) is 3.06. The van der Waals surface area contributed by atoms with Crippen molar-refractivity contribution in [3.05, 3.63) is 23.7 Å². The van der Waals surface area contributed by atoms with E-state index in [9.17, 15) is 4.79 Å². The molecule has 0 unspecified atom stereocenters. The molecule has 1 fully saturated rings. The van der Waals surface area contributed by atoms with Crippen molar-refractivity contribution >= 4 is 17.1 Å². The summed E-state index contributed by atoms with van der Waals surface area (Å²) in [5.74, 6) is 0.455. The molecule has 1 amide bonds. The second-order valence-corrected chi connectivity index (χ2v) is 6.67. The molecule has 2 aromatic rings. The minimum Gasteiger partial charge on any atom is -0.351 e. The van der Waals surface area contributed by atoms with Crippen molar-refractivity contribution in [2.45, 2.75) is 46.0 Å². The molecule has 0 atom stereocenters. The molecule has 1 aliphatic carbocycles. The Morgan fingerprint density at radius 2 is 2.24 bits per heavy atom. The van der Waals surface area contributed by atoms with Crippen LogP contribution >= 0.6 is 0 Å². The maximum atomic E-state index is 12.4. The SMILES string of the molecule is CCC(C)(C)CNC(=O)c1c[nH]c2ncc(C3CC3)nc12. The number of hydrogen-bond acceptors (Lipinski definition) is 3. The van der Waals surface area contributed by atoms with Crippen molar-refractivity contribution < 1.29 is 4.79 Å². The largest absolute Gasteiger partial charge is 0.351 e. The monoisotopic (exact) mass is 286 g/mol. The summed E-state index contributed by atoms with van der Waals surface area (Å²) in [6.07, 6.45) is 6.90. The van der Waals surface area contributed by atoms with E-state index < -0.39 is 0 Å². The Morgan fingerprint density at radius 3 is 2.90 bits per heavy atom. The Bertz CT molecular complexity index is 670. The number of aromatic amines is 1. The molecule has 21 heavy (non-hydrogen) atoms. The van der Waals surface area contributed by atoms with Crippen LogP contribution in [0.5, 0.6) is 0 Å². The number of fused-ring (bicyclic) bond motifs is 1. The summed E-state index contributed by atoms with van der Waals surface area (Å²) >= 11 is 0. The number of hydrogen-bond donors (Lipinski definition) is 2. The van der Waals surface area contributed by atoms with Gasteiger partial charge in [0.15, 0.2) is 5.65 Å². The van der Waals surface area contributed by atoms with Crippen LogP contribution in [0.15, 0.2) is 12.4 Å². The van der Waals surface area contributed by atoms with E-state index in [2.05, 4.69) is 41.0 Å². The van der Waals surface area contributed by atoms with Gasteiger partial charge in [-0.05, 0) is 24.7 Å². The summed E-state index contributed by atoms with van der Waals surface area (Å²) in [6.45, 7) is 7.08. The second-order valence-electron chi connectivity index (χ2n) is 6.67. The number of amides is 1.